The Morgan fingerprint density at radius 1 is 1.29 bits per heavy atom. The molecule has 0 amide bonds. The maximum atomic E-state index is 5.98. The van der Waals surface area contributed by atoms with Gasteiger partial charge in [-0.05, 0) is 19.3 Å². The van der Waals surface area contributed by atoms with E-state index in [0.717, 1.165) is 45.4 Å². The number of nitrogens with two attached hydrogens (primary N) is 1. The molecule has 2 aliphatic heterocycles. The van der Waals surface area contributed by atoms with Gasteiger partial charge < -0.3 is 15.0 Å². The van der Waals surface area contributed by atoms with Crippen molar-refractivity contribution >= 4 is 12.4 Å². The third-order valence-electron chi connectivity index (χ3n) is 3.75. The van der Waals surface area contributed by atoms with Gasteiger partial charge in [-0.2, -0.15) is 0 Å². The van der Waals surface area contributed by atoms with E-state index < -0.39 is 0 Å². The summed E-state index contributed by atoms with van der Waals surface area (Å²) in [4.78, 5) is 4.61. The van der Waals surface area contributed by atoms with E-state index in [-0.39, 0.29) is 12.4 Å². The Morgan fingerprint density at radius 3 is 2.82 bits per heavy atom. The van der Waals surface area contributed by atoms with Gasteiger partial charge in [-0.3, -0.25) is 0 Å². The molecule has 0 radical (unpaired) electrons. The van der Waals surface area contributed by atoms with Gasteiger partial charge in [-0.15, -0.1) is 12.4 Å². The molecule has 2 N–H and O–H groups in total. The van der Waals surface area contributed by atoms with Crippen LogP contribution in [0.2, 0.25) is 0 Å². The number of ether oxygens (including phenoxy) is 1. The first kappa shape index (κ1) is 12.9. The van der Waals surface area contributed by atoms with Crippen LogP contribution in [0.4, 0.5) is 0 Å². The third kappa shape index (κ3) is 2.49. The van der Waals surface area contributed by atoms with Crippen LogP contribution in [0, 0.1) is 0 Å². The van der Waals surface area contributed by atoms with Gasteiger partial charge in [0.2, 0.25) is 0 Å². The van der Waals surface area contributed by atoms with E-state index in [4.69, 9.17) is 10.5 Å². The second kappa shape index (κ2) is 5.38. The van der Waals surface area contributed by atoms with E-state index in [0.29, 0.717) is 12.0 Å². The summed E-state index contributed by atoms with van der Waals surface area (Å²) in [7, 11) is 0. The second-order valence-corrected chi connectivity index (χ2v) is 4.90. The molecular weight excluding hydrogens is 238 g/mol. The van der Waals surface area contributed by atoms with Crippen molar-refractivity contribution in [3.05, 3.63) is 17.7 Å². The molecule has 3 heterocycles. The summed E-state index contributed by atoms with van der Waals surface area (Å²) in [5, 5.41) is 0. The molecule has 0 aromatic carbocycles. The van der Waals surface area contributed by atoms with E-state index >= 15 is 0 Å². The predicted octanol–water partition coefficient (Wildman–Crippen LogP) is 1.47. The predicted molar refractivity (Wildman–Crippen MR) is 68.6 cm³/mol. The number of halogens is 1. The SMILES string of the molecule is Cl.NC1CCn2c(cnc2C2CCOCC2)C1. The van der Waals surface area contributed by atoms with Crippen molar-refractivity contribution in [3.63, 3.8) is 0 Å². The molecule has 1 saturated heterocycles. The van der Waals surface area contributed by atoms with Crippen molar-refractivity contribution in [2.24, 2.45) is 5.73 Å². The van der Waals surface area contributed by atoms with E-state index in [1.165, 1.54) is 11.5 Å². The Balaban J connectivity index is 0.00000108. The Bertz CT molecular complexity index is 374. The second-order valence-electron chi connectivity index (χ2n) is 4.90. The van der Waals surface area contributed by atoms with Crippen molar-refractivity contribution in [3.8, 4) is 0 Å². The molecule has 1 fully saturated rings. The summed E-state index contributed by atoms with van der Waals surface area (Å²) in [6, 6.07) is 0.326. The number of nitrogens with zero attached hydrogens (tertiary/aromatic N) is 2. The zero-order valence-corrected chi connectivity index (χ0v) is 10.8. The summed E-state index contributed by atoms with van der Waals surface area (Å²) in [5.41, 5.74) is 7.30. The Labute approximate surface area is 108 Å². The monoisotopic (exact) mass is 257 g/mol. The van der Waals surface area contributed by atoms with Gasteiger partial charge in [0.1, 0.15) is 5.82 Å². The smallest absolute Gasteiger partial charge is 0.112 e. The molecule has 96 valence electrons. The molecule has 17 heavy (non-hydrogen) atoms. The highest BCUT2D eigenvalue weighted by molar-refractivity contribution is 5.85. The number of imidazole rings is 1. The highest BCUT2D eigenvalue weighted by Crippen LogP contribution is 2.28. The van der Waals surface area contributed by atoms with Gasteiger partial charge in [0.25, 0.3) is 0 Å². The molecule has 1 aromatic rings. The average molecular weight is 258 g/mol. The van der Waals surface area contributed by atoms with Crippen molar-refractivity contribution < 1.29 is 4.74 Å². The maximum absolute atomic E-state index is 5.98. The van der Waals surface area contributed by atoms with Gasteiger partial charge in [0, 0.05) is 50.0 Å². The summed E-state index contributed by atoms with van der Waals surface area (Å²) < 4.78 is 7.79. The van der Waals surface area contributed by atoms with Crippen LogP contribution in [-0.2, 0) is 17.7 Å². The number of hydrogen-bond acceptors (Lipinski definition) is 3. The highest BCUT2D eigenvalue weighted by atomic mass is 35.5. The molecule has 0 spiro atoms. The number of rotatable bonds is 1. The number of fused-ring (bicyclic) bond motifs is 1. The molecule has 5 heteroatoms. The highest BCUT2D eigenvalue weighted by Gasteiger charge is 2.25. The summed E-state index contributed by atoms with van der Waals surface area (Å²) in [6.45, 7) is 2.81. The van der Waals surface area contributed by atoms with E-state index in [1.54, 1.807) is 0 Å². The van der Waals surface area contributed by atoms with Crippen LogP contribution in [0.1, 0.15) is 36.7 Å². The fourth-order valence-corrected chi connectivity index (χ4v) is 2.80. The Kier molecular flexibility index (Phi) is 4.07. The molecule has 2 aliphatic rings. The van der Waals surface area contributed by atoms with Gasteiger partial charge in [0.05, 0.1) is 0 Å². The Morgan fingerprint density at radius 2 is 2.06 bits per heavy atom. The van der Waals surface area contributed by atoms with E-state index in [1.807, 2.05) is 6.20 Å². The van der Waals surface area contributed by atoms with Crippen molar-refractivity contribution in [2.75, 3.05) is 13.2 Å². The van der Waals surface area contributed by atoms with Crippen LogP contribution in [0.5, 0.6) is 0 Å². The zero-order chi connectivity index (χ0) is 11.0. The summed E-state index contributed by atoms with van der Waals surface area (Å²) in [6.07, 6.45) is 6.31. The van der Waals surface area contributed by atoms with Gasteiger partial charge in [-0.25, -0.2) is 4.98 Å². The fraction of sp³-hybridized carbons (Fsp3) is 0.750. The van der Waals surface area contributed by atoms with E-state index in [9.17, 15) is 0 Å². The van der Waals surface area contributed by atoms with Crippen molar-refractivity contribution in [1.29, 1.82) is 0 Å². The summed E-state index contributed by atoms with van der Waals surface area (Å²) in [5.74, 6) is 1.86. The van der Waals surface area contributed by atoms with Gasteiger partial charge in [-0.1, -0.05) is 0 Å². The van der Waals surface area contributed by atoms with Crippen molar-refractivity contribution in [2.45, 2.75) is 44.2 Å². The first-order chi connectivity index (χ1) is 7.84. The van der Waals surface area contributed by atoms with Gasteiger partial charge in [0.15, 0.2) is 0 Å². The van der Waals surface area contributed by atoms with Crippen LogP contribution < -0.4 is 5.73 Å². The van der Waals surface area contributed by atoms with Gasteiger partial charge >= 0.3 is 0 Å². The summed E-state index contributed by atoms with van der Waals surface area (Å²) >= 11 is 0. The molecule has 0 saturated carbocycles. The molecule has 1 unspecified atom stereocenters. The maximum Gasteiger partial charge on any atom is 0.112 e. The quantitative estimate of drug-likeness (QED) is 0.829. The van der Waals surface area contributed by atoms with Crippen LogP contribution in [0.15, 0.2) is 6.20 Å². The average Bonchev–Trinajstić information content (AvgIpc) is 2.73. The molecule has 1 aromatic heterocycles. The molecule has 0 aliphatic carbocycles. The molecule has 3 rings (SSSR count). The first-order valence-electron chi connectivity index (χ1n) is 6.22. The molecule has 0 bridgehead atoms. The normalized spacial score (nSPS) is 25.1. The largest absolute Gasteiger partial charge is 0.381 e. The Hall–Kier alpha value is -0.580. The zero-order valence-electron chi connectivity index (χ0n) is 9.97. The van der Waals surface area contributed by atoms with Crippen molar-refractivity contribution in [1.82, 2.24) is 9.55 Å². The van der Waals surface area contributed by atoms with Crippen LogP contribution in [-0.4, -0.2) is 28.8 Å². The minimum absolute atomic E-state index is 0. The lowest BCUT2D eigenvalue weighted by molar-refractivity contribution is 0.0826. The van der Waals surface area contributed by atoms with Crippen LogP contribution in [0.25, 0.3) is 0 Å². The standard InChI is InChI=1S/C12H19N3O.ClH/c13-10-1-4-15-11(7-10)8-14-12(15)9-2-5-16-6-3-9;/h8-10H,1-7,13H2;1H. The number of aromatic nitrogens is 2. The fourth-order valence-electron chi connectivity index (χ4n) is 2.80. The molecule has 4 nitrogen and oxygen atoms in total. The van der Waals surface area contributed by atoms with Crippen LogP contribution >= 0.6 is 12.4 Å². The lowest BCUT2D eigenvalue weighted by atomic mass is 9.98. The third-order valence-corrected chi connectivity index (χ3v) is 3.75. The van der Waals surface area contributed by atoms with E-state index in [2.05, 4.69) is 9.55 Å². The van der Waals surface area contributed by atoms with Crippen LogP contribution in [0.3, 0.4) is 0 Å². The minimum Gasteiger partial charge on any atom is -0.381 e. The lowest BCUT2D eigenvalue weighted by Gasteiger charge is -2.26. The first-order valence-corrected chi connectivity index (χ1v) is 6.22. The number of hydrogen-bond donors (Lipinski definition) is 1. The molecule has 1 atom stereocenters. The topological polar surface area (TPSA) is 53.1 Å². The molecular formula is C12H20ClN3O. The minimum atomic E-state index is 0. The lowest BCUT2D eigenvalue weighted by Crippen LogP contribution is -2.31.